The lowest BCUT2D eigenvalue weighted by molar-refractivity contribution is -0.347. The molecule has 2 unspecified atom stereocenters. The van der Waals surface area contributed by atoms with Gasteiger partial charge in [0.1, 0.15) is 36.3 Å². The van der Waals surface area contributed by atoms with E-state index in [1.54, 1.807) is 6.08 Å². The van der Waals surface area contributed by atoms with E-state index in [0.717, 1.165) is 93.2 Å². The number of carbonyl (C=O) groups excluding carboxylic acids is 3. The molecule has 1 aliphatic rings. The average Bonchev–Trinajstić information content (AvgIpc) is 2.22. The number of amides is 2. The van der Waals surface area contributed by atoms with E-state index in [9.17, 15) is 57.9 Å². The van der Waals surface area contributed by atoms with Gasteiger partial charge in [-0.15, -0.1) is 0 Å². The molecule has 0 aliphatic carbocycles. The van der Waals surface area contributed by atoms with Gasteiger partial charge in [0.25, 0.3) is 15.6 Å². The first-order chi connectivity index (χ1) is 39.6. The largest absolute Gasteiger partial charge is 0.790 e. The van der Waals surface area contributed by atoms with Crippen LogP contribution < -0.4 is 35.9 Å². The summed E-state index contributed by atoms with van der Waals surface area (Å²) in [6.07, 6.45) is 42.6. The summed E-state index contributed by atoms with van der Waals surface area (Å²) in [7, 11) is -17.6. The number of hydrogen-bond donors (Lipinski definition) is 5. The fourth-order valence-corrected chi connectivity index (χ4v) is 11.4. The molecule has 466 valence electrons. The first-order valence-corrected chi connectivity index (χ1v) is 33.5. The maximum absolute atomic E-state index is 12.7. The third-order valence-corrected chi connectivity index (χ3v) is 16.4. The highest BCUT2D eigenvalue weighted by atomic mass is 32.2. The number of phosphoric acid groups is 3. The number of carbonyl (C=O) groups is 3. The number of rotatable bonds is 44. The first-order valence-electron chi connectivity index (χ1n) is 28.1. The maximum Gasteiger partial charge on any atom is 0.274 e. The monoisotopic (exact) mass is 1240 g/mol. The molecule has 6 N–H and O–H groups in total. The minimum atomic E-state index is -5.93. The molecule has 2 aromatic heterocycles. The van der Waals surface area contributed by atoms with Gasteiger partial charge >= 0.3 is 0 Å². The number of aliphatic hydroxyl groups excluding tert-OH is 2. The second-order valence-corrected chi connectivity index (χ2v) is 25.2. The number of ether oxygens (including phenoxy) is 1. The standard InChI is InChI=1S/C55H88N7O17P3S/c1-4-5-6-7-8-9-10-11-12-13-14-15-16-17-18-19-20-21-22-23-24-25-26-27-28-29-30-31-32-33-34-35-46(64)83-39-38-57-45(63)36-37-58-53(67)50(66)55(2,3)41-76-82(73,74)79-81(71,72)75-40-44-49(78-80(68,69)70)48(65)54(77-44)62-43-61-47-51(56)59-42-60-52(47)62/h5-6,8-9,11-12,14-15,17-18,20-21,34-35,42-44,48-50,54,65-66H,4,7,10,13,16,19,22-33,36-41H2,1-3H3,(H,57,63)(H,58,67)(H,71,72)(H,73,74)(H2,56,59,60)(H2,68,69,70)/p-4/b6-5-,9-8-,12-11-,15-14-,18-17-,21-20-,35-34+/t44-,48-,49-,50+,54-/m1/s1. The average molecular weight is 1240 g/mol. The SMILES string of the molecule is CC/C=C\C/C=C\C/C=C\C/C=C\C/C=C\C/C=C\CCCCCCCCCCCC/C=C/C(=O)SCCNC(=O)CCNC(=O)[C@H](O)C(C)(C)COP(=O)([O-])OP(=O)([O-])OC[C@H]1O[C@@H](n2cnc3c(N)ncnc32)[C@H](O)[C@@H]1OP(=O)([O-])[O-]. The van der Waals surface area contributed by atoms with Gasteiger partial charge < -0.3 is 69.0 Å². The second-order valence-electron chi connectivity index (χ2n) is 20.1. The van der Waals surface area contributed by atoms with Crippen LogP contribution in [0.5, 0.6) is 0 Å². The van der Waals surface area contributed by atoms with Crippen LogP contribution in [0.15, 0.2) is 97.7 Å². The number of nitrogens with one attached hydrogen (secondary N) is 2. The van der Waals surface area contributed by atoms with Crippen molar-refractivity contribution < 1.29 is 80.5 Å². The third kappa shape index (κ3) is 31.6. The predicted octanol–water partition coefficient (Wildman–Crippen LogP) is 7.07. The Morgan fingerprint density at radius 1 is 0.759 bits per heavy atom. The van der Waals surface area contributed by atoms with Crippen LogP contribution >= 0.6 is 35.2 Å². The van der Waals surface area contributed by atoms with E-state index in [1.165, 1.54) is 65.2 Å². The fourth-order valence-electron chi connectivity index (χ4n) is 8.06. The van der Waals surface area contributed by atoms with Gasteiger partial charge in [-0.25, -0.2) is 19.3 Å². The van der Waals surface area contributed by atoms with Crippen LogP contribution in [0.3, 0.4) is 0 Å². The topological polar surface area (TPSA) is 375 Å². The number of nitrogen functional groups attached to an aromatic ring is 1. The van der Waals surface area contributed by atoms with Gasteiger partial charge in [-0.2, -0.15) is 0 Å². The lowest BCUT2D eigenvalue weighted by Gasteiger charge is -2.36. The van der Waals surface area contributed by atoms with Gasteiger partial charge in [0.15, 0.2) is 17.7 Å². The smallest absolute Gasteiger partial charge is 0.274 e. The van der Waals surface area contributed by atoms with Gasteiger partial charge in [-0.3, -0.25) is 28.1 Å². The Labute approximate surface area is 492 Å². The van der Waals surface area contributed by atoms with Crippen molar-refractivity contribution in [3.63, 3.8) is 0 Å². The highest BCUT2D eigenvalue weighted by Crippen LogP contribution is 2.56. The normalized spacial score (nSPS) is 19.2. The number of hydrogen-bond acceptors (Lipinski definition) is 22. The van der Waals surface area contributed by atoms with Gasteiger partial charge in [-0.05, 0) is 70.3 Å². The fraction of sp³-hybridized carbons (Fsp3) is 0.600. The molecule has 2 aromatic rings. The van der Waals surface area contributed by atoms with E-state index in [0.29, 0.717) is 5.75 Å². The number of fused-ring (bicyclic) bond motifs is 1. The summed E-state index contributed by atoms with van der Waals surface area (Å²) in [5.74, 6) is -1.22. The number of nitrogens with zero attached hydrogens (tertiary/aromatic N) is 4. The lowest BCUT2D eigenvalue weighted by Crippen LogP contribution is -2.46. The number of aromatic nitrogens is 4. The van der Waals surface area contributed by atoms with E-state index >= 15 is 0 Å². The molecule has 24 nitrogen and oxygen atoms in total. The van der Waals surface area contributed by atoms with Crippen LogP contribution in [0.25, 0.3) is 11.2 Å². The van der Waals surface area contributed by atoms with Crippen molar-refractivity contribution in [2.45, 2.75) is 173 Å². The Morgan fingerprint density at radius 2 is 1.29 bits per heavy atom. The molecule has 2 amide bonds. The quantitative estimate of drug-likeness (QED) is 0.0191. The van der Waals surface area contributed by atoms with Crippen molar-refractivity contribution in [2.24, 2.45) is 5.41 Å². The third-order valence-electron chi connectivity index (χ3n) is 12.6. The molecule has 28 heteroatoms. The Balaban J connectivity index is 1.17. The number of allylic oxidation sites excluding steroid dienone is 13. The number of nitrogens with two attached hydrogens (primary N) is 1. The van der Waals surface area contributed by atoms with Gasteiger partial charge in [0.2, 0.25) is 16.9 Å². The molecule has 3 rings (SSSR count). The minimum Gasteiger partial charge on any atom is -0.790 e. The maximum atomic E-state index is 12.7. The minimum absolute atomic E-state index is 0.0210. The van der Waals surface area contributed by atoms with Gasteiger partial charge in [0, 0.05) is 30.7 Å². The van der Waals surface area contributed by atoms with E-state index in [2.05, 4.69) is 123 Å². The summed E-state index contributed by atoms with van der Waals surface area (Å²) in [5.41, 5.74) is 4.09. The van der Waals surface area contributed by atoms with Crippen molar-refractivity contribution in [1.29, 1.82) is 0 Å². The Morgan fingerprint density at radius 3 is 1.86 bits per heavy atom. The van der Waals surface area contributed by atoms with Crippen molar-refractivity contribution in [3.05, 3.63) is 97.7 Å². The summed E-state index contributed by atoms with van der Waals surface area (Å²) < 4.78 is 61.0. The number of phosphoric ester groups is 3. The molecule has 0 spiro atoms. The number of anilines is 1. The van der Waals surface area contributed by atoms with Crippen LogP contribution in [-0.4, -0.2) is 103 Å². The molecule has 0 saturated carbocycles. The number of unbranched alkanes of at least 4 members (excludes halogenated alkanes) is 11. The molecule has 0 aromatic carbocycles. The number of aliphatic hydroxyl groups is 2. The molecule has 0 radical (unpaired) electrons. The van der Waals surface area contributed by atoms with Crippen LogP contribution in [0.2, 0.25) is 0 Å². The van der Waals surface area contributed by atoms with Crippen molar-refractivity contribution in [1.82, 2.24) is 30.2 Å². The van der Waals surface area contributed by atoms with E-state index in [-0.39, 0.29) is 41.6 Å². The van der Waals surface area contributed by atoms with Crippen molar-refractivity contribution in [2.75, 3.05) is 37.8 Å². The molecular weight excluding hydrogens is 1160 g/mol. The summed E-state index contributed by atoms with van der Waals surface area (Å²) in [4.78, 5) is 97.2. The molecule has 83 heavy (non-hydrogen) atoms. The zero-order valence-electron chi connectivity index (χ0n) is 47.7. The van der Waals surface area contributed by atoms with Crippen LogP contribution in [-0.2, 0) is 50.7 Å². The number of imidazole rings is 1. The van der Waals surface area contributed by atoms with Crippen molar-refractivity contribution in [3.8, 4) is 0 Å². The first kappa shape index (κ1) is 73.0. The Kier molecular flexibility index (Phi) is 35.3. The van der Waals surface area contributed by atoms with E-state index in [1.807, 2.05) is 6.08 Å². The highest BCUT2D eigenvalue weighted by molar-refractivity contribution is 8.14. The summed E-state index contributed by atoms with van der Waals surface area (Å²) in [6.45, 7) is 2.25. The lowest BCUT2D eigenvalue weighted by atomic mass is 9.87. The number of thioether (sulfide) groups is 1. The molecular formula is C55H84N7O17P3S-4. The van der Waals surface area contributed by atoms with Crippen LogP contribution in [0, 0.1) is 5.41 Å². The highest BCUT2D eigenvalue weighted by Gasteiger charge is 2.47. The van der Waals surface area contributed by atoms with Crippen molar-refractivity contribution >= 4 is 69.1 Å². The summed E-state index contributed by atoms with van der Waals surface area (Å²) in [5, 5.41) is 26.4. The molecule has 7 atom stereocenters. The molecule has 1 aliphatic heterocycles. The van der Waals surface area contributed by atoms with Gasteiger partial charge in [-0.1, -0.05) is 163 Å². The predicted molar refractivity (Wildman–Crippen MR) is 311 cm³/mol. The summed E-state index contributed by atoms with van der Waals surface area (Å²) in [6, 6.07) is 0. The van der Waals surface area contributed by atoms with E-state index < -0.39 is 84.6 Å². The van der Waals surface area contributed by atoms with Gasteiger partial charge in [0.05, 0.1) is 27.4 Å². The zero-order valence-corrected chi connectivity index (χ0v) is 51.2. The van der Waals surface area contributed by atoms with Crippen LogP contribution in [0.1, 0.15) is 149 Å². The van der Waals surface area contributed by atoms with Crippen LogP contribution in [0.4, 0.5) is 5.82 Å². The summed E-state index contributed by atoms with van der Waals surface area (Å²) >= 11 is 1.06. The zero-order chi connectivity index (χ0) is 61.0. The Hall–Kier alpha value is -4.26. The molecule has 1 fully saturated rings. The molecule has 0 bridgehead atoms. The molecule has 1 saturated heterocycles. The Bertz CT molecular complexity index is 2620. The molecule has 3 heterocycles. The second kappa shape index (κ2) is 40.2. The van der Waals surface area contributed by atoms with E-state index in [4.69, 9.17) is 10.5 Å².